The van der Waals surface area contributed by atoms with Crippen molar-refractivity contribution in [2.45, 2.75) is 38.7 Å². The van der Waals surface area contributed by atoms with Gasteiger partial charge in [0.2, 0.25) is 0 Å². The van der Waals surface area contributed by atoms with E-state index in [4.69, 9.17) is 14.9 Å². The summed E-state index contributed by atoms with van der Waals surface area (Å²) in [6.45, 7) is 2.75. The number of aliphatic hydroxyl groups excluding tert-OH is 2. The molecule has 3 heteroatoms. The van der Waals surface area contributed by atoms with Crippen LogP contribution >= 0.6 is 0 Å². The lowest BCUT2D eigenvalue weighted by atomic mass is 10.3. The van der Waals surface area contributed by atoms with Gasteiger partial charge in [-0.2, -0.15) is 0 Å². The molecule has 0 aromatic carbocycles. The number of unbranched alkanes of at least 4 members (excludes halogenated alkanes) is 2. The van der Waals surface area contributed by atoms with Gasteiger partial charge in [-0.05, 0) is 19.3 Å². The van der Waals surface area contributed by atoms with Crippen LogP contribution in [0, 0.1) is 0 Å². The Hall–Kier alpha value is -0.900. The van der Waals surface area contributed by atoms with Gasteiger partial charge in [0.25, 0.3) is 0 Å². The second-order valence-electron chi connectivity index (χ2n) is 4.08. The summed E-state index contributed by atoms with van der Waals surface area (Å²) in [5.74, 6) is 0. The minimum Gasteiger partial charge on any atom is -0.394 e. The lowest BCUT2D eigenvalue weighted by Crippen LogP contribution is -2.19. The predicted molar refractivity (Wildman–Crippen MR) is 75.5 cm³/mol. The second-order valence-corrected chi connectivity index (χ2v) is 4.08. The van der Waals surface area contributed by atoms with Gasteiger partial charge in [0.15, 0.2) is 0 Å². The maximum Gasteiger partial charge on any atom is 0.100 e. The lowest BCUT2D eigenvalue weighted by molar-refractivity contribution is 0.00586. The van der Waals surface area contributed by atoms with Crippen molar-refractivity contribution in [2.75, 3.05) is 19.8 Å². The van der Waals surface area contributed by atoms with E-state index in [9.17, 15) is 0 Å². The van der Waals surface area contributed by atoms with E-state index in [0.29, 0.717) is 6.61 Å². The number of hydrogen-bond acceptors (Lipinski definition) is 3. The van der Waals surface area contributed by atoms with Crippen molar-refractivity contribution in [3.05, 3.63) is 36.5 Å². The van der Waals surface area contributed by atoms with Crippen molar-refractivity contribution >= 4 is 0 Å². The van der Waals surface area contributed by atoms with E-state index in [-0.39, 0.29) is 13.2 Å². The molecule has 1 atom stereocenters. The molecule has 0 amide bonds. The van der Waals surface area contributed by atoms with Gasteiger partial charge in [0, 0.05) is 6.61 Å². The summed E-state index contributed by atoms with van der Waals surface area (Å²) in [5, 5.41) is 17.6. The number of rotatable bonds is 11. The standard InChI is InChI=1S/C15H26O3/c1-2-3-4-5-6-7-8-9-10-11-12-18-14-15(17)13-16/h4-9,15-17H,2-3,10-14H2,1H3/b5-4+,7-6-,9-8+. The van der Waals surface area contributed by atoms with E-state index in [1.54, 1.807) is 0 Å². The second kappa shape index (κ2) is 14.2. The summed E-state index contributed by atoms with van der Waals surface area (Å²) in [6.07, 6.45) is 15.8. The van der Waals surface area contributed by atoms with Gasteiger partial charge in [0.05, 0.1) is 13.2 Å². The molecule has 18 heavy (non-hydrogen) atoms. The SMILES string of the molecule is CCC/C=C/C=C\C=C\CCCOCC(O)CO. The highest BCUT2D eigenvalue weighted by molar-refractivity contribution is 5.10. The predicted octanol–water partition coefficient (Wildman–Crippen LogP) is 2.61. The van der Waals surface area contributed by atoms with Crippen LogP contribution in [-0.2, 0) is 4.74 Å². The molecule has 0 saturated carbocycles. The fourth-order valence-corrected chi connectivity index (χ4v) is 1.22. The molecule has 0 bridgehead atoms. The number of aliphatic hydroxyl groups is 2. The van der Waals surface area contributed by atoms with Crippen molar-refractivity contribution in [3.8, 4) is 0 Å². The Bertz CT molecular complexity index is 244. The third-order valence-electron chi connectivity index (χ3n) is 2.24. The minimum atomic E-state index is -0.751. The molecule has 1 unspecified atom stereocenters. The minimum absolute atomic E-state index is 0.211. The van der Waals surface area contributed by atoms with Gasteiger partial charge in [-0.1, -0.05) is 49.8 Å². The van der Waals surface area contributed by atoms with Crippen molar-refractivity contribution < 1.29 is 14.9 Å². The molecule has 0 radical (unpaired) electrons. The van der Waals surface area contributed by atoms with Crippen LogP contribution in [0.5, 0.6) is 0 Å². The number of allylic oxidation sites excluding steroid dienone is 6. The first-order valence-corrected chi connectivity index (χ1v) is 6.66. The zero-order valence-corrected chi connectivity index (χ0v) is 11.3. The molecular formula is C15H26O3. The average Bonchev–Trinajstić information content (AvgIpc) is 2.39. The zero-order chi connectivity index (χ0) is 13.5. The highest BCUT2D eigenvalue weighted by Crippen LogP contribution is 1.94. The Labute approximate surface area is 110 Å². The fourth-order valence-electron chi connectivity index (χ4n) is 1.22. The van der Waals surface area contributed by atoms with Crippen molar-refractivity contribution in [2.24, 2.45) is 0 Å². The largest absolute Gasteiger partial charge is 0.394 e. The third kappa shape index (κ3) is 13.2. The zero-order valence-electron chi connectivity index (χ0n) is 11.3. The smallest absolute Gasteiger partial charge is 0.100 e. The summed E-state index contributed by atoms with van der Waals surface area (Å²) in [6, 6.07) is 0. The van der Waals surface area contributed by atoms with Crippen molar-refractivity contribution in [1.82, 2.24) is 0 Å². The Kier molecular flexibility index (Phi) is 13.5. The van der Waals surface area contributed by atoms with Crippen LogP contribution in [0.15, 0.2) is 36.5 Å². The van der Waals surface area contributed by atoms with Crippen LogP contribution in [0.25, 0.3) is 0 Å². The summed E-state index contributed by atoms with van der Waals surface area (Å²) < 4.78 is 5.19. The van der Waals surface area contributed by atoms with Crippen LogP contribution in [-0.4, -0.2) is 36.1 Å². The van der Waals surface area contributed by atoms with Gasteiger partial charge in [0.1, 0.15) is 6.10 Å². The fraction of sp³-hybridized carbons (Fsp3) is 0.600. The molecule has 0 spiro atoms. The molecule has 0 saturated heterocycles. The van der Waals surface area contributed by atoms with Gasteiger partial charge in [-0.3, -0.25) is 0 Å². The highest BCUT2D eigenvalue weighted by Gasteiger charge is 1.99. The first kappa shape index (κ1) is 17.1. The summed E-state index contributed by atoms with van der Waals surface area (Å²) in [4.78, 5) is 0. The van der Waals surface area contributed by atoms with Gasteiger partial charge >= 0.3 is 0 Å². The molecule has 0 aromatic rings. The van der Waals surface area contributed by atoms with Crippen LogP contribution in [0.4, 0.5) is 0 Å². The van der Waals surface area contributed by atoms with E-state index in [2.05, 4.69) is 25.2 Å². The van der Waals surface area contributed by atoms with E-state index in [1.807, 2.05) is 18.2 Å². The third-order valence-corrected chi connectivity index (χ3v) is 2.24. The maximum atomic E-state index is 9.01. The normalized spacial score (nSPS) is 14.2. The quantitative estimate of drug-likeness (QED) is 0.440. The van der Waals surface area contributed by atoms with Crippen molar-refractivity contribution in [3.63, 3.8) is 0 Å². The Morgan fingerprint density at radius 3 is 2.33 bits per heavy atom. The number of ether oxygens (including phenoxy) is 1. The molecule has 0 aliphatic heterocycles. The lowest BCUT2D eigenvalue weighted by Gasteiger charge is -2.06. The van der Waals surface area contributed by atoms with Crippen LogP contribution in [0.2, 0.25) is 0 Å². The average molecular weight is 254 g/mol. The number of hydrogen-bond donors (Lipinski definition) is 2. The van der Waals surface area contributed by atoms with Gasteiger partial charge in [-0.25, -0.2) is 0 Å². The molecule has 2 N–H and O–H groups in total. The van der Waals surface area contributed by atoms with Gasteiger partial charge < -0.3 is 14.9 Å². The Morgan fingerprint density at radius 2 is 1.72 bits per heavy atom. The first-order valence-electron chi connectivity index (χ1n) is 6.66. The van der Waals surface area contributed by atoms with Crippen molar-refractivity contribution in [1.29, 1.82) is 0 Å². The van der Waals surface area contributed by atoms with Crippen LogP contribution in [0.3, 0.4) is 0 Å². The van der Waals surface area contributed by atoms with Gasteiger partial charge in [-0.15, -0.1) is 0 Å². The molecule has 0 aromatic heterocycles. The monoisotopic (exact) mass is 254 g/mol. The molecular weight excluding hydrogens is 228 g/mol. The van der Waals surface area contributed by atoms with Crippen LogP contribution < -0.4 is 0 Å². The molecule has 0 rings (SSSR count). The maximum absolute atomic E-state index is 9.01. The molecule has 0 fully saturated rings. The van der Waals surface area contributed by atoms with E-state index >= 15 is 0 Å². The van der Waals surface area contributed by atoms with Crippen LogP contribution in [0.1, 0.15) is 32.6 Å². The molecule has 104 valence electrons. The summed E-state index contributed by atoms with van der Waals surface area (Å²) in [7, 11) is 0. The first-order chi connectivity index (χ1) is 8.81. The van der Waals surface area contributed by atoms with E-state index in [1.165, 1.54) is 6.42 Å². The van der Waals surface area contributed by atoms with E-state index in [0.717, 1.165) is 19.3 Å². The topological polar surface area (TPSA) is 49.7 Å². The summed E-state index contributed by atoms with van der Waals surface area (Å²) in [5.41, 5.74) is 0. The molecule has 0 aliphatic rings. The summed E-state index contributed by atoms with van der Waals surface area (Å²) >= 11 is 0. The Morgan fingerprint density at radius 1 is 1.06 bits per heavy atom. The molecule has 3 nitrogen and oxygen atoms in total. The van der Waals surface area contributed by atoms with E-state index < -0.39 is 6.10 Å². The highest BCUT2D eigenvalue weighted by atomic mass is 16.5. The molecule has 0 heterocycles. The Balaban J connectivity index is 3.32. The molecule has 0 aliphatic carbocycles.